The average molecular weight is 212 g/mol. The maximum absolute atomic E-state index is 10.4. The van der Waals surface area contributed by atoms with Gasteiger partial charge in [-0.15, -0.1) is 0 Å². The first-order chi connectivity index (χ1) is 6.99. The van der Waals surface area contributed by atoms with E-state index in [4.69, 9.17) is 10.8 Å². The summed E-state index contributed by atoms with van der Waals surface area (Å²) in [5.41, 5.74) is -1.46. The molecule has 0 aromatic rings. The second-order valence-electron chi connectivity index (χ2n) is 2.50. The highest BCUT2D eigenvalue weighted by atomic mass is 16.6. The molecule has 0 aliphatic heterocycles. The van der Waals surface area contributed by atoms with Crippen LogP contribution in [0.3, 0.4) is 0 Å². The normalized spacial score (nSPS) is 10.7. The summed E-state index contributed by atoms with van der Waals surface area (Å²) in [5, 5.41) is 34.2. The SMILES string of the molecule is CCC(C(=C=N)[N+](=O)[O-])C(=C=N)[N+](=O)[O-]. The van der Waals surface area contributed by atoms with Crippen LogP contribution in [0.15, 0.2) is 11.4 Å². The van der Waals surface area contributed by atoms with Gasteiger partial charge in [0, 0.05) is 0 Å². The minimum absolute atomic E-state index is 0.0321. The minimum atomic E-state index is -1.23. The van der Waals surface area contributed by atoms with Crippen molar-refractivity contribution in [2.75, 3.05) is 0 Å². The van der Waals surface area contributed by atoms with Gasteiger partial charge < -0.3 is 0 Å². The van der Waals surface area contributed by atoms with Crippen molar-refractivity contribution < 1.29 is 9.85 Å². The predicted molar refractivity (Wildman–Crippen MR) is 50.2 cm³/mol. The van der Waals surface area contributed by atoms with Crippen molar-refractivity contribution in [1.82, 2.24) is 0 Å². The first kappa shape index (κ1) is 12.7. The van der Waals surface area contributed by atoms with E-state index in [-0.39, 0.29) is 6.42 Å². The highest BCUT2D eigenvalue weighted by molar-refractivity contribution is 5.58. The second kappa shape index (κ2) is 5.43. The number of nitrogens with zero attached hydrogens (tertiary/aromatic N) is 2. The summed E-state index contributed by atoms with van der Waals surface area (Å²) in [7, 11) is 0. The molecule has 8 heteroatoms. The summed E-state index contributed by atoms with van der Waals surface area (Å²) < 4.78 is 0. The van der Waals surface area contributed by atoms with Gasteiger partial charge in [-0.3, -0.25) is 31.0 Å². The van der Waals surface area contributed by atoms with Crippen LogP contribution in [0.4, 0.5) is 0 Å². The maximum atomic E-state index is 10.4. The third-order valence-electron chi connectivity index (χ3n) is 1.72. The van der Waals surface area contributed by atoms with E-state index < -0.39 is 27.2 Å². The van der Waals surface area contributed by atoms with Gasteiger partial charge in [0.2, 0.25) is 0 Å². The van der Waals surface area contributed by atoms with Gasteiger partial charge in [0.1, 0.15) is 0 Å². The van der Waals surface area contributed by atoms with Crippen LogP contribution in [0.1, 0.15) is 13.3 Å². The van der Waals surface area contributed by atoms with E-state index in [2.05, 4.69) is 0 Å². The fourth-order valence-corrected chi connectivity index (χ4v) is 1.04. The molecule has 0 saturated carbocycles. The van der Waals surface area contributed by atoms with Crippen LogP contribution in [0, 0.1) is 37.0 Å². The van der Waals surface area contributed by atoms with Crippen LogP contribution in [-0.4, -0.2) is 21.6 Å². The molecule has 0 aromatic carbocycles. The third kappa shape index (κ3) is 2.84. The summed E-state index contributed by atoms with van der Waals surface area (Å²) >= 11 is 0. The van der Waals surface area contributed by atoms with E-state index >= 15 is 0 Å². The average Bonchev–Trinajstić information content (AvgIpc) is 2.16. The molecular weight excluding hydrogens is 204 g/mol. The number of hydrogen-bond acceptors (Lipinski definition) is 6. The van der Waals surface area contributed by atoms with Crippen LogP contribution in [-0.2, 0) is 0 Å². The fraction of sp³-hybridized carbons (Fsp3) is 0.429. The third-order valence-corrected chi connectivity index (χ3v) is 1.72. The molecule has 0 aliphatic rings. The molecule has 0 aromatic heterocycles. The number of rotatable bonds is 5. The van der Waals surface area contributed by atoms with E-state index in [1.54, 1.807) is 11.7 Å². The van der Waals surface area contributed by atoms with Gasteiger partial charge in [-0.2, -0.15) is 0 Å². The Morgan fingerprint density at radius 1 is 1.20 bits per heavy atom. The van der Waals surface area contributed by atoms with E-state index in [0.717, 1.165) is 0 Å². The smallest absolute Gasteiger partial charge is 0.258 e. The standard InChI is InChI=1S/C7H8N4O4/c1-2-5(6(3-8)10(12)13)7(4-9)11(14)15/h5,8-9H,2H2,1H3. The van der Waals surface area contributed by atoms with Gasteiger partial charge in [-0.05, 0) is 6.42 Å². The summed E-state index contributed by atoms with van der Waals surface area (Å²) in [4.78, 5) is 19.0. The van der Waals surface area contributed by atoms with Gasteiger partial charge in [0.15, 0.2) is 5.92 Å². The zero-order valence-corrected chi connectivity index (χ0v) is 7.81. The molecule has 0 heterocycles. The van der Waals surface area contributed by atoms with Crippen molar-refractivity contribution in [1.29, 1.82) is 10.8 Å². The van der Waals surface area contributed by atoms with Gasteiger partial charge >= 0.3 is 11.4 Å². The first-order valence-electron chi connectivity index (χ1n) is 3.87. The molecule has 0 saturated heterocycles. The van der Waals surface area contributed by atoms with Crippen molar-refractivity contribution in [3.63, 3.8) is 0 Å². The highest BCUT2D eigenvalue weighted by Crippen LogP contribution is 2.21. The number of nitrogens with one attached hydrogen (secondary N) is 2. The van der Waals surface area contributed by atoms with Crippen molar-refractivity contribution in [3.8, 4) is 0 Å². The maximum Gasteiger partial charge on any atom is 0.320 e. The Hall–Kier alpha value is -2.30. The molecular formula is C7H8N4O4. The van der Waals surface area contributed by atoms with E-state index in [1.807, 2.05) is 0 Å². The number of nitro groups is 2. The van der Waals surface area contributed by atoms with Gasteiger partial charge in [-0.25, -0.2) is 0 Å². The van der Waals surface area contributed by atoms with Crippen molar-refractivity contribution >= 4 is 11.7 Å². The van der Waals surface area contributed by atoms with E-state index in [0.29, 0.717) is 0 Å². The lowest BCUT2D eigenvalue weighted by Gasteiger charge is -2.04. The van der Waals surface area contributed by atoms with Crippen molar-refractivity contribution in [3.05, 3.63) is 31.6 Å². The van der Waals surface area contributed by atoms with Crippen LogP contribution in [0.2, 0.25) is 0 Å². The Morgan fingerprint density at radius 2 is 1.53 bits per heavy atom. The van der Waals surface area contributed by atoms with Gasteiger partial charge in [0.25, 0.3) is 0 Å². The van der Waals surface area contributed by atoms with Crippen LogP contribution in [0.25, 0.3) is 0 Å². The molecule has 80 valence electrons. The van der Waals surface area contributed by atoms with Gasteiger partial charge in [-0.1, -0.05) is 6.92 Å². The molecule has 0 atom stereocenters. The summed E-state index contributed by atoms with van der Waals surface area (Å²) in [6, 6.07) is 0. The van der Waals surface area contributed by atoms with E-state index in [1.165, 1.54) is 6.92 Å². The second-order valence-corrected chi connectivity index (χ2v) is 2.50. The Balaban J connectivity index is 5.43. The molecule has 8 nitrogen and oxygen atoms in total. The lowest BCUT2D eigenvalue weighted by Crippen LogP contribution is -2.19. The fourth-order valence-electron chi connectivity index (χ4n) is 1.04. The summed E-state index contributed by atoms with van der Waals surface area (Å²) in [6.45, 7) is 1.48. The Morgan fingerprint density at radius 3 is 1.67 bits per heavy atom. The lowest BCUT2D eigenvalue weighted by molar-refractivity contribution is -0.456. The van der Waals surface area contributed by atoms with E-state index in [9.17, 15) is 20.2 Å². The van der Waals surface area contributed by atoms with Crippen LogP contribution in [0.5, 0.6) is 0 Å². The molecule has 2 N–H and O–H groups in total. The molecule has 0 radical (unpaired) electrons. The molecule has 15 heavy (non-hydrogen) atoms. The predicted octanol–water partition coefficient (Wildman–Crippen LogP) is 0.831. The highest BCUT2D eigenvalue weighted by Gasteiger charge is 2.35. The Kier molecular flexibility index (Phi) is 4.60. The molecule has 0 aliphatic carbocycles. The molecule has 0 fully saturated rings. The molecule has 0 spiro atoms. The first-order valence-corrected chi connectivity index (χ1v) is 3.87. The summed E-state index contributed by atoms with van der Waals surface area (Å²) in [6.07, 6.45) is 0.0321. The lowest BCUT2D eigenvalue weighted by atomic mass is 10.0. The molecule has 0 rings (SSSR count). The quantitative estimate of drug-likeness (QED) is 0.396. The van der Waals surface area contributed by atoms with Gasteiger partial charge in [0.05, 0.1) is 21.6 Å². The summed E-state index contributed by atoms with van der Waals surface area (Å²) in [5.74, 6) is 1.85. The zero-order chi connectivity index (χ0) is 12.0. The van der Waals surface area contributed by atoms with Crippen molar-refractivity contribution in [2.45, 2.75) is 13.3 Å². The molecule has 0 bridgehead atoms. The zero-order valence-electron chi connectivity index (χ0n) is 7.81. The van der Waals surface area contributed by atoms with Crippen LogP contribution >= 0.6 is 0 Å². The van der Waals surface area contributed by atoms with Crippen molar-refractivity contribution in [2.24, 2.45) is 5.92 Å². The largest absolute Gasteiger partial charge is 0.320 e. The van der Waals surface area contributed by atoms with Crippen LogP contribution < -0.4 is 0 Å². The molecule has 0 amide bonds. The monoisotopic (exact) mass is 212 g/mol. The number of hydrogen-bond donors (Lipinski definition) is 2. The topological polar surface area (TPSA) is 134 Å². The Bertz CT molecular complexity index is 354. The minimum Gasteiger partial charge on any atom is -0.258 e. The Labute approximate surface area is 84.2 Å². The molecule has 0 unspecified atom stereocenters.